The molecular weight excluding hydrogens is 502 g/mol. The molecule has 2 unspecified atom stereocenters. The minimum Gasteiger partial charge on any atom is -0.508 e. The molecule has 0 spiro atoms. The zero-order valence-corrected chi connectivity index (χ0v) is 21.4. The van der Waals surface area contributed by atoms with E-state index in [1.807, 2.05) is 0 Å². The van der Waals surface area contributed by atoms with E-state index in [0.717, 1.165) is 0 Å². The van der Waals surface area contributed by atoms with Gasteiger partial charge in [0.05, 0.1) is 17.2 Å². The van der Waals surface area contributed by atoms with Crippen LogP contribution in [-0.2, 0) is 16.0 Å². The minimum absolute atomic E-state index is 0.0719. The van der Waals surface area contributed by atoms with Gasteiger partial charge in [-0.1, -0.05) is 11.8 Å². The first-order valence-electron chi connectivity index (χ1n) is 12.5. The number of phenols is 1. The number of allylic oxidation sites excluding steroid dienone is 1. The molecule has 5 rings (SSSR count). The number of fused-ring (bicyclic) bond motifs is 3. The fourth-order valence-electron chi connectivity index (χ4n) is 6.18. The maximum absolute atomic E-state index is 13.9. The standard InChI is InChI=1S/C29H29N3O7/c1-32(2)19-11-14(6-3-13-4-7-17(30)8-5-13)24(34)22-18(19)10-15-9-16-12-20(33)23(28(31)38)27(37)29(16,39)26(36)21(15)25(22)35/h4-5,7-8,11,15-16,20,23,33-34,36,39H,9-10,12,30H2,1-2H3,(H2,31,38)/t15-,16+,20?,23?,29+/m1/s1. The summed E-state index contributed by atoms with van der Waals surface area (Å²) < 4.78 is 0. The number of carbonyl (C=O) groups excluding carboxylic acids is 3. The van der Waals surface area contributed by atoms with Crippen LogP contribution in [0.15, 0.2) is 41.7 Å². The highest BCUT2D eigenvalue weighted by atomic mass is 16.3. The number of rotatable bonds is 2. The molecule has 0 radical (unpaired) electrons. The number of aromatic hydroxyl groups is 1. The van der Waals surface area contributed by atoms with Gasteiger partial charge in [0.15, 0.2) is 17.2 Å². The molecule has 5 atom stereocenters. The molecule has 1 saturated carbocycles. The molecule has 0 aromatic heterocycles. The van der Waals surface area contributed by atoms with Crippen LogP contribution in [0.2, 0.25) is 0 Å². The summed E-state index contributed by atoms with van der Waals surface area (Å²) in [6.45, 7) is 0. The number of nitrogens with zero attached hydrogens (tertiary/aromatic N) is 1. The van der Waals surface area contributed by atoms with Gasteiger partial charge >= 0.3 is 0 Å². The topological polar surface area (TPSA) is 187 Å². The zero-order chi connectivity index (χ0) is 28.4. The van der Waals surface area contributed by atoms with Crippen LogP contribution in [0.3, 0.4) is 0 Å². The zero-order valence-electron chi connectivity index (χ0n) is 21.4. The third kappa shape index (κ3) is 3.93. The Morgan fingerprint density at radius 2 is 1.77 bits per heavy atom. The fourth-order valence-corrected chi connectivity index (χ4v) is 6.18. The van der Waals surface area contributed by atoms with Gasteiger partial charge in [-0.05, 0) is 61.1 Å². The van der Waals surface area contributed by atoms with Crippen molar-refractivity contribution in [3.63, 3.8) is 0 Å². The largest absolute Gasteiger partial charge is 0.508 e. The van der Waals surface area contributed by atoms with Gasteiger partial charge in [-0.3, -0.25) is 14.4 Å². The van der Waals surface area contributed by atoms with E-state index in [0.29, 0.717) is 22.5 Å². The van der Waals surface area contributed by atoms with Crippen LogP contribution in [0.5, 0.6) is 5.75 Å². The number of aliphatic hydroxyl groups excluding tert-OH is 2. The number of carbonyl (C=O) groups is 3. The summed E-state index contributed by atoms with van der Waals surface area (Å²) in [6, 6.07) is 8.51. The van der Waals surface area contributed by atoms with E-state index in [-0.39, 0.29) is 41.7 Å². The van der Waals surface area contributed by atoms with Gasteiger partial charge in [-0.2, -0.15) is 0 Å². The maximum atomic E-state index is 13.9. The van der Waals surface area contributed by atoms with Crippen LogP contribution in [0.25, 0.3) is 0 Å². The molecular formula is C29H29N3O7. The van der Waals surface area contributed by atoms with Crippen molar-refractivity contribution in [3.8, 4) is 17.6 Å². The number of nitrogen functional groups attached to an aromatic ring is 1. The van der Waals surface area contributed by atoms with Crippen molar-refractivity contribution in [1.29, 1.82) is 0 Å². The van der Waals surface area contributed by atoms with Gasteiger partial charge in [-0.25, -0.2) is 0 Å². The normalized spacial score (nSPS) is 27.6. The average Bonchev–Trinajstić information content (AvgIpc) is 2.86. The number of anilines is 2. The Bertz CT molecular complexity index is 1520. The van der Waals surface area contributed by atoms with Crippen molar-refractivity contribution in [2.24, 2.45) is 23.5 Å². The van der Waals surface area contributed by atoms with Gasteiger partial charge in [0.25, 0.3) is 0 Å². The number of ketones is 2. The van der Waals surface area contributed by atoms with Crippen LogP contribution < -0.4 is 16.4 Å². The lowest BCUT2D eigenvalue weighted by molar-refractivity contribution is -0.167. The second-order valence-corrected chi connectivity index (χ2v) is 10.7. The SMILES string of the molecule is CN(C)c1cc(C#Cc2ccc(N)cc2)c(O)c2c1C[C@H]1C[C@H]3CC(O)C(C(N)=O)C(=O)[C@@]3(O)C(O)=C1C2=O. The molecule has 10 nitrogen and oxygen atoms in total. The van der Waals surface area contributed by atoms with E-state index >= 15 is 0 Å². The molecule has 8 N–H and O–H groups in total. The van der Waals surface area contributed by atoms with Gasteiger partial charge in [0, 0.05) is 42.5 Å². The van der Waals surface area contributed by atoms with E-state index in [2.05, 4.69) is 11.8 Å². The lowest BCUT2D eigenvalue weighted by Crippen LogP contribution is -2.63. The van der Waals surface area contributed by atoms with Crippen molar-refractivity contribution in [1.82, 2.24) is 0 Å². The predicted molar refractivity (Wildman–Crippen MR) is 142 cm³/mol. The number of nitrogens with two attached hydrogens (primary N) is 2. The minimum atomic E-state index is -2.55. The molecule has 3 aliphatic carbocycles. The summed E-state index contributed by atoms with van der Waals surface area (Å²) >= 11 is 0. The molecule has 2 aromatic carbocycles. The average molecular weight is 532 g/mol. The monoisotopic (exact) mass is 531 g/mol. The third-order valence-electron chi connectivity index (χ3n) is 8.10. The molecule has 0 aliphatic heterocycles. The molecule has 0 saturated heterocycles. The summed E-state index contributed by atoms with van der Waals surface area (Å²) in [5, 5.41) is 44.3. The summed E-state index contributed by atoms with van der Waals surface area (Å²) in [5.74, 6) is -1.64. The Kier molecular flexibility index (Phi) is 6.17. The molecule has 0 bridgehead atoms. The first kappa shape index (κ1) is 26.3. The number of Topliss-reactive ketones (excluding diaryl/α,β-unsaturated/α-hetero) is 2. The quantitative estimate of drug-likeness (QED) is 0.185. The van der Waals surface area contributed by atoms with Crippen molar-refractivity contribution in [2.75, 3.05) is 24.7 Å². The molecule has 0 heterocycles. The highest BCUT2D eigenvalue weighted by Gasteiger charge is 2.62. The van der Waals surface area contributed by atoms with Crippen molar-refractivity contribution >= 4 is 28.8 Å². The Morgan fingerprint density at radius 1 is 1.10 bits per heavy atom. The number of hydrogen-bond donors (Lipinski definition) is 6. The summed E-state index contributed by atoms with van der Waals surface area (Å²) in [6.07, 6.45) is -1.24. The smallest absolute Gasteiger partial charge is 0.230 e. The molecule has 202 valence electrons. The Labute approximate surface area is 224 Å². The fraction of sp³-hybridized carbons (Fsp3) is 0.345. The molecule has 1 fully saturated rings. The van der Waals surface area contributed by atoms with Crippen molar-refractivity contribution in [2.45, 2.75) is 31.0 Å². The molecule has 39 heavy (non-hydrogen) atoms. The third-order valence-corrected chi connectivity index (χ3v) is 8.10. The summed E-state index contributed by atoms with van der Waals surface area (Å²) in [4.78, 5) is 40.8. The van der Waals surface area contributed by atoms with Gasteiger partial charge < -0.3 is 36.8 Å². The maximum Gasteiger partial charge on any atom is 0.230 e. The molecule has 3 aliphatic rings. The van der Waals surface area contributed by atoms with E-state index in [9.17, 15) is 34.8 Å². The second-order valence-electron chi connectivity index (χ2n) is 10.7. The number of primary amides is 1. The Hall–Kier alpha value is -4.33. The number of amides is 1. The highest BCUT2D eigenvalue weighted by molar-refractivity contribution is 6.16. The molecule has 1 amide bonds. The number of benzene rings is 2. The Balaban J connectivity index is 1.66. The first-order valence-corrected chi connectivity index (χ1v) is 12.5. The van der Waals surface area contributed by atoms with Gasteiger partial charge in [0.2, 0.25) is 5.91 Å². The van der Waals surface area contributed by atoms with Crippen molar-refractivity contribution < 1.29 is 34.8 Å². The summed E-state index contributed by atoms with van der Waals surface area (Å²) in [7, 11) is 3.58. The van der Waals surface area contributed by atoms with E-state index in [1.165, 1.54) is 0 Å². The second kappa shape index (κ2) is 9.15. The van der Waals surface area contributed by atoms with E-state index in [1.54, 1.807) is 49.3 Å². The van der Waals surface area contributed by atoms with Crippen LogP contribution in [0.4, 0.5) is 11.4 Å². The van der Waals surface area contributed by atoms with Crippen LogP contribution in [-0.4, -0.2) is 63.7 Å². The predicted octanol–water partition coefficient (Wildman–Crippen LogP) is 0.793. The van der Waals surface area contributed by atoms with E-state index < -0.39 is 52.7 Å². The van der Waals surface area contributed by atoms with Gasteiger partial charge in [0.1, 0.15) is 17.4 Å². The first-order chi connectivity index (χ1) is 18.4. The van der Waals surface area contributed by atoms with Crippen LogP contribution in [0, 0.1) is 29.6 Å². The molecule has 10 heteroatoms. The Morgan fingerprint density at radius 3 is 2.38 bits per heavy atom. The van der Waals surface area contributed by atoms with Crippen LogP contribution in [0.1, 0.15) is 39.9 Å². The van der Waals surface area contributed by atoms with Crippen LogP contribution >= 0.6 is 0 Å². The molecule has 2 aromatic rings. The van der Waals surface area contributed by atoms with Crippen molar-refractivity contribution in [3.05, 3.63) is 63.9 Å². The number of phenolic OH excluding ortho intramolecular Hbond substituents is 1. The lowest BCUT2D eigenvalue weighted by Gasteiger charge is -2.48. The van der Waals surface area contributed by atoms with E-state index in [4.69, 9.17) is 11.5 Å². The summed E-state index contributed by atoms with van der Waals surface area (Å²) in [5.41, 5.74) is 10.8. The number of hydrogen-bond acceptors (Lipinski definition) is 9. The lowest BCUT2D eigenvalue weighted by atomic mass is 9.57. The van der Waals surface area contributed by atoms with Gasteiger partial charge in [-0.15, -0.1) is 0 Å². The number of aliphatic hydroxyl groups is 3. The highest BCUT2D eigenvalue weighted by Crippen LogP contribution is 2.52.